The molecular weight excluding hydrogens is 545 g/mol. The molecule has 0 bridgehead atoms. The van der Waals surface area contributed by atoms with Gasteiger partial charge in [0.25, 0.3) is 0 Å². The molecule has 0 N–H and O–H groups in total. The monoisotopic (exact) mass is 565 g/mol. The SMILES string of the molecule is Cc1[c-]c([C@H]2[C@H](C)C2(C)C)c(I)c(C)c1C.[U]. The summed E-state index contributed by atoms with van der Waals surface area (Å²) in [7, 11) is 0. The van der Waals surface area contributed by atoms with Crippen LogP contribution in [0.3, 0.4) is 0 Å². The maximum Gasteiger partial charge on any atom is 0 e. The molecule has 0 unspecified atom stereocenters. The number of rotatable bonds is 1. The summed E-state index contributed by atoms with van der Waals surface area (Å²) in [5.74, 6) is 1.50. The molecule has 0 aliphatic heterocycles. The molecule has 2 heteroatoms. The van der Waals surface area contributed by atoms with E-state index < -0.39 is 0 Å². The van der Waals surface area contributed by atoms with Crippen molar-refractivity contribution in [2.75, 3.05) is 0 Å². The third-order valence-electron chi connectivity index (χ3n) is 4.69. The van der Waals surface area contributed by atoms with Gasteiger partial charge >= 0.3 is 0 Å². The van der Waals surface area contributed by atoms with E-state index >= 15 is 0 Å². The molecule has 92 valence electrons. The van der Waals surface area contributed by atoms with Gasteiger partial charge in [0.1, 0.15) is 0 Å². The molecule has 1 saturated carbocycles. The summed E-state index contributed by atoms with van der Waals surface area (Å²) in [4.78, 5) is 0. The predicted octanol–water partition coefficient (Wildman–Crippen LogP) is 4.78. The largest absolute Gasteiger partial charge is 0.176 e. The number of aryl methyl sites for hydroxylation is 1. The van der Waals surface area contributed by atoms with E-state index in [1.165, 1.54) is 25.8 Å². The molecule has 0 spiro atoms. The molecule has 0 heterocycles. The van der Waals surface area contributed by atoms with Crippen LogP contribution in [0.15, 0.2) is 0 Å². The van der Waals surface area contributed by atoms with E-state index in [0.717, 1.165) is 5.92 Å². The van der Waals surface area contributed by atoms with Crippen molar-refractivity contribution in [1.82, 2.24) is 0 Å². The second kappa shape index (κ2) is 5.18. The Balaban J connectivity index is 0.00000144. The quantitative estimate of drug-likeness (QED) is 0.340. The summed E-state index contributed by atoms with van der Waals surface area (Å²) in [5.41, 5.74) is 6.09. The molecule has 0 saturated heterocycles. The van der Waals surface area contributed by atoms with E-state index in [4.69, 9.17) is 0 Å². The van der Waals surface area contributed by atoms with Gasteiger partial charge in [-0.3, -0.25) is 0 Å². The maximum atomic E-state index is 3.63. The second-order valence-corrected chi connectivity index (χ2v) is 6.89. The first-order chi connectivity index (χ1) is 7.28. The minimum Gasteiger partial charge on any atom is -0.176 e. The first-order valence-corrected chi connectivity index (χ1v) is 7.04. The van der Waals surface area contributed by atoms with E-state index in [9.17, 15) is 0 Å². The average molecular weight is 565 g/mol. The van der Waals surface area contributed by atoms with Crippen LogP contribution in [-0.2, 0) is 0 Å². The molecule has 0 radical (unpaired) electrons. The van der Waals surface area contributed by atoms with Crippen LogP contribution in [-0.4, -0.2) is 0 Å². The number of halogens is 1. The summed E-state index contributed by atoms with van der Waals surface area (Å²) >= 11 is 2.50. The fourth-order valence-electron chi connectivity index (χ4n) is 2.73. The summed E-state index contributed by atoms with van der Waals surface area (Å²) in [6.07, 6.45) is 0. The van der Waals surface area contributed by atoms with E-state index in [0.29, 0.717) is 11.3 Å². The van der Waals surface area contributed by atoms with Gasteiger partial charge in [0, 0.05) is 31.1 Å². The number of benzene rings is 1. The Hall–Kier alpha value is 1.00. The molecule has 0 aromatic heterocycles. The topological polar surface area (TPSA) is 0 Å². The number of hydrogen-bond acceptors (Lipinski definition) is 0. The Morgan fingerprint density at radius 2 is 1.59 bits per heavy atom. The molecule has 17 heavy (non-hydrogen) atoms. The second-order valence-electron chi connectivity index (χ2n) is 5.82. The van der Waals surface area contributed by atoms with Crippen molar-refractivity contribution in [3.8, 4) is 0 Å². The Morgan fingerprint density at radius 1 is 1.12 bits per heavy atom. The minimum atomic E-state index is 0. The standard InChI is InChI=1S/C15H20I.U/c1-8-7-12(13-11(4)15(13,5)6)14(16)10(3)9(8)2;/h11,13H,1-6H3;/q-1;/t11-,13+;/m0./s1. The van der Waals surface area contributed by atoms with Gasteiger partial charge in [-0.2, -0.15) is 17.2 Å². The Kier molecular flexibility index (Phi) is 4.89. The van der Waals surface area contributed by atoms with Gasteiger partial charge in [0.2, 0.25) is 0 Å². The van der Waals surface area contributed by atoms with Crippen molar-refractivity contribution < 1.29 is 31.1 Å². The van der Waals surface area contributed by atoms with Crippen molar-refractivity contribution in [2.45, 2.75) is 47.5 Å². The van der Waals surface area contributed by atoms with Gasteiger partial charge in [0.05, 0.1) is 0 Å². The first kappa shape index (κ1) is 16.1. The van der Waals surface area contributed by atoms with Crippen LogP contribution in [0.4, 0.5) is 0 Å². The van der Waals surface area contributed by atoms with E-state index in [1.807, 2.05) is 0 Å². The Morgan fingerprint density at radius 3 is 2.00 bits per heavy atom. The van der Waals surface area contributed by atoms with Crippen LogP contribution < -0.4 is 0 Å². The summed E-state index contributed by atoms with van der Waals surface area (Å²) in [6, 6.07) is 3.63. The summed E-state index contributed by atoms with van der Waals surface area (Å²) < 4.78 is 1.43. The zero-order valence-corrected chi connectivity index (χ0v) is 17.9. The van der Waals surface area contributed by atoms with Gasteiger partial charge in [-0.05, 0) is 17.3 Å². The van der Waals surface area contributed by atoms with Crippen molar-refractivity contribution in [3.05, 3.63) is 31.9 Å². The molecule has 1 aromatic rings. The van der Waals surface area contributed by atoms with Crippen molar-refractivity contribution in [1.29, 1.82) is 0 Å². The number of hydrogen-bond donors (Lipinski definition) is 0. The molecule has 1 fully saturated rings. The third-order valence-corrected chi connectivity index (χ3v) is 6.08. The fourth-order valence-corrected chi connectivity index (χ4v) is 3.60. The van der Waals surface area contributed by atoms with E-state index in [-0.39, 0.29) is 31.1 Å². The van der Waals surface area contributed by atoms with Crippen molar-refractivity contribution >= 4 is 22.6 Å². The first-order valence-electron chi connectivity index (χ1n) is 5.97. The van der Waals surface area contributed by atoms with Gasteiger partial charge in [-0.1, -0.05) is 45.1 Å². The van der Waals surface area contributed by atoms with Crippen LogP contribution in [0.25, 0.3) is 0 Å². The summed E-state index contributed by atoms with van der Waals surface area (Å²) in [6.45, 7) is 13.7. The van der Waals surface area contributed by atoms with E-state index in [2.05, 4.69) is 70.2 Å². The van der Waals surface area contributed by atoms with Crippen LogP contribution in [0.5, 0.6) is 0 Å². The van der Waals surface area contributed by atoms with Gasteiger partial charge < -0.3 is 0 Å². The van der Waals surface area contributed by atoms with E-state index in [1.54, 1.807) is 0 Å². The van der Waals surface area contributed by atoms with Crippen molar-refractivity contribution in [2.24, 2.45) is 11.3 Å². The molecule has 1 aliphatic rings. The zero-order chi connectivity index (χ0) is 12.2. The summed E-state index contributed by atoms with van der Waals surface area (Å²) in [5, 5.41) is 0. The Bertz CT molecular complexity index is 449. The zero-order valence-electron chi connectivity index (χ0n) is 11.5. The van der Waals surface area contributed by atoms with Crippen LogP contribution in [0.2, 0.25) is 0 Å². The minimum absolute atomic E-state index is 0. The molecule has 0 amide bonds. The molecule has 2 rings (SSSR count). The van der Waals surface area contributed by atoms with Gasteiger partial charge in [-0.15, -0.1) is 33.7 Å². The fraction of sp³-hybridized carbons (Fsp3) is 0.600. The molecule has 2 atom stereocenters. The Labute approximate surface area is 143 Å². The van der Waals surface area contributed by atoms with Crippen LogP contribution >= 0.6 is 22.6 Å². The van der Waals surface area contributed by atoms with Crippen LogP contribution in [0.1, 0.15) is 48.9 Å². The van der Waals surface area contributed by atoms with Crippen LogP contribution in [0, 0.1) is 72.9 Å². The van der Waals surface area contributed by atoms with Gasteiger partial charge in [-0.25, -0.2) is 0 Å². The predicted molar refractivity (Wildman–Crippen MR) is 77.9 cm³/mol. The molecule has 1 aliphatic carbocycles. The molecule has 1 aromatic carbocycles. The molecular formula is C15H20IU-. The molecule has 0 nitrogen and oxygen atoms in total. The van der Waals surface area contributed by atoms with Gasteiger partial charge in [0.15, 0.2) is 0 Å². The third kappa shape index (κ3) is 2.52. The smallest absolute Gasteiger partial charge is 0 e. The normalized spacial score (nSPS) is 25.4. The maximum absolute atomic E-state index is 3.63. The average Bonchev–Trinajstić information content (AvgIpc) is 2.70. The van der Waals surface area contributed by atoms with Crippen molar-refractivity contribution in [3.63, 3.8) is 0 Å².